The predicted molar refractivity (Wildman–Crippen MR) is 160 cm³/mol. The first-order chi connectivity index (χ1) is 20.3. The minimum atomic E-state index is -4.85. The second kappa shape index (κ2) is 12.4. The first-order valence-electron chi connectivity index (χ1n) is 13.9. The van der Waals surface area contributed by atoms with Crippen LogP contribution in [0.3, 0.4) is 0 Å². The molecule has 232 valence electrons. The maximum absolute atomic E-state index is 13.7. The third-order valence-electron chi connectivity index (χ3n) is 8.28. The Labute approximate surface area is 254 Å². The zero-order valence-corrected chi connectivity index (χ0v) is 25.1. The second-order valence-corrected chi connectivity index (χ2v) is 13.4. The Hall–Kier alpha value is -2.68. The van der Waals surface area contributed by atoms with Gasteiger partial charge in [-0.2, -0.15) is 17.5 Å². The van der Waals surface area contributed by atoms with E-state index in [1.165, 1.54) is 46.8 Å². The van der Waals surface area contributed by atoms with Gasteiger partial charge in [-0.15, -0.1) is 0 Å². The molecule has 0 radical (unpaired) electrons. The monoisotopic (exact) mass is 639 g/mol. The molecule has 1 aliphatic carbocycles. The molecule has 2 aromatic rings. The van der Waals surface area contributed by atoms with Crippen molar-refractivity contribution in [3.8, 4) is 0 Å². The molecule has 3 aliphatic rings. The molecular weight excluding hydrogens is 606 g/mol. The number of halogens is 4. The van der Waals surface area contributed by atoms with Crippen molar-refractivity contribution >= 4 is 32.8 Å². The van der Waals surface area contributed by atoms with Crippen molar-refractivity contribution in [1.82, 2.24) is 9.21 Å². The average molecular weight is 640 g/mol. The predicted octanol–water partition coefficient (Wildman–Crippen LogP) is 4.70. The summed E-state index contributed by atoms with van der Waals surface area (Å²) in [5, 5.41) is 10.1. The smallest absolute Gasteiger partial charge is 0.378 e. The first-order valence-corrected chi connectivity index (χ1v) is 15.8. The van der Waals surface area contributed by atoms with E-state index >= 15 is 0 Å². The summed E-state index contributed by atoms with van der Waals surface area (Å²) in [7, 11) is -3.89. The van der Waals surface area contributed by atoms with Gasteiger partial charge in [-0.1, -0.05) is 48.6 Å². The van der Waals surface area contributed by atoms with Crippen LogP contribution in [0.25, 0.3) is 0 Å². The van der Waals surface area contributed by atoms with E-state index in [0.717, 1.165) is 5.56 Å². The van der Waals surface area contributed by atoms with Gasteiger partial charge in [-0.25, -0.2) is 12.8 Å². The maximum Gasteiger partial charge on any atom is 0.421 e. The fraction of sp³-hybridized carbons (Fsp3) is 0.433. The standard InChI is InChI=1S/C30H33F4N3O4S2/c1-29(38,30(32,33)34)22-8-12-24(13-9-22)37-15-14-36(43(39,40)28-5-3-2-4-27(28)42)19-25(37)18-35-16-17-41-20-26(35)21-6-10-23(31)11-7-21/h2-3,5-13,25-26,38H,4,14-20H2,1H3/t25-,26-,29?/m0/s1. The van der Waals surface area contributed by atoms with E-state index in [-0.39, 0.29) is 42.0 Å². The third kappa shape index (κ3) is 6.57. The number of hydrogen-bond donors (Lipinski definition) is 1. The highest BCUT2D eigenvalue weighted by Gasteiger charge is 2.51. The lowest BCUT2D eigenvalue weighted by atomic mass is 9.95. The zero-order chi connectivity index (χ0) is 31.0. The summed E-state index contributed by atoms with van der Waals surface area (Å²) in [5.74, 6) is -0.357. The Kier molecular flexibility index (Phi) is 9.13. The van der Waals surface area contributed by atoms with Gasteiger partial charge in [-0.3, -0.25) is 4.90 Å². The molecule has 2 aliphatic heterocycles. The van der Waals surface area contributed by atoms with Gasteiger partial charge in [0.1, 0.15) is 5.82 Å². The fourth-order valence-electron chi connectivity index (χ4n) is 5.69. The van der Waals surface area contributed by atoms with E-state index in [9.17, 15) is 31.1 Å². The van der Waals surface area contributed by atoms with Crippen LogP contribution in [-0.2, 0) is 20.4 Å². The van der Waals surface area contributed by atoms with Crippen LogP contribution in [0.4, 0.5) is 23.2 Å². The van der Waals surface area contributed by atoms with E-state index in [1.807, 2.05) is 4.90 Å². The summed E-state index contributed by atoms with van der Waals surface area (Å²) in [4.78, 5) is 4.61. The highest BCUT2D eigenvalue weighted by molar-refractivity contribution is 7.96. The SMILES string of the molecule is CC(O)(c1ccc(N2CCN(S(=O)(=O)C3=CC=CCC3=S)C[C@@H]2CN2CCOC[C@H]2c2ccc(F)cc2)cc1)C(F)(F)F. The lowest BCUT2D eigenvalue weighted by Gasteiger charge is -2.46. The Balaban J connectivity index is 1.46. The number of morpholine rings is 1. The number of aliphatic hydroxyl groups is 1. The maximum atomic E-state index is 13.7. The molecule has 0 aromatic heterocycles. The number of alkyl halides is 3. The molecule has 13 heteroatoms. The third-order valence-corrected chi connectivity index (χ3v) is 10.7. The second-order valence-electron chi connectivity index (χ2n) is 11.1. The number of piperazine rings is 1. The van der Waals surface area contributed by atoms with Crippen LogP contribution in [0.2, 0.25) is 0 Å². The molecule has 2 saturated heterocycles. The summed E-state index contributed by atoms with van der Waals surface area (Å²) in [6, 6.07) is 11.1. The van der Waals surface area contributed by atoms with Crippen LogP contribution in [0, 0.1) is 5.82 Å². The molecule has 43 heavy (non-hydrogen) atoms. The van der Waals surface area contributed by atoms with Crippen molar-refractivity contribution in [3.05, 3.63) is 88.6 Å². The summed E-state index contributed by atoms with van der Waals surface area (Å²) >= 11 is 5.37. The average Bonchev–Trinajstić information content (AvgIpc) is 2.97. The molecule has 5 rings (SSSR count). The van der Waals surface area contributed by atoms with Crippen LogP contribution in [0.1, 0.15) is 30.5 Å². The van der Waals surface area contributed by atoms with Gasteiger partial charge in [0, 0.05) is 49.7 Å². The van der Waals surface area contributed by atoms with Crippen molar-refractivity contribution in [2.24, 2.45) is 0 Å². The lowest BCUT2D eigenvalue weighted by molar-refractivity contribution is -0.258. The van der Waals surface area contributed by atoms with Crippen LogP contribution in [0.15, 0.2) is 71.7 Å². The Bertz CT molecular complexity index is 1490. The Morgan fingerprint density at radius 1 is 1.05 bits per heavy atom. The number of sulfonamides is 1. The zero-order valence-electron chi connectivity index (χ0n) is 23.5. The summed E-state index contributed by atoms with van der Waals surface area (Å²) in [5.41, 5.74) is -1.85. The van der Waals surface area contributed by atoms with Crippen molar-refractivity contribution in [3.63, 3.8) is 0 Å². The lowest BCUT2D eigenvalue weighted by Crippen LogP contribution is -2.59. The number of thiocarbonyl (C=S) groups is 1. The van der Waals surface area contributed by atoms with Gasteiger partial charge >= 0.3 is 6.18 Å². The Morgan fingerprint density at radius 3 is 2.40 bits per heavy atom. The van der Waals surface area contributed by atoms with E-state index in [4.69, 9.17) is 17.0 Å². The van der Waals surface area contributed by atoms with Crippen molar-refractivity contribution in [2.45, 2.75) is 37.2 Å². The highest BCUT2D eigenvalue weighted by Crippen LogP contribution is 2.39. The largest absolute Gasteiger partial charge is 0.421 e. The number of allylic oxidation sites excluding steroid dienone is 4. The number of ether oxygens (including phenoxy) is 1. The molecule has 2 aromatic carbocycles. The highest BCUT2D eigenvalue weighted by atomic mass is 32.2. The van der Waals surface area contributed by atoms with Crippen molar-refractivity contribution < 1.29 is 35.8 Å². The van der Waals surface area contributed by atoms with Crippen LogP contribution in [-0.4, -0.2) is 85.7 Å². The molecule has 2 fully saturated rings. The molecule has 0 spiro atoms. The van der Waals surface area contributed by atoms with E-state index in [0.29, 0.717) is 50.2 Å². The number of hydrogen-bond acceptors (Lipinski definition) is 7. The van der Waals surface area contributed by atoms with Gasteiger partial charge < -0.3 is 14.7 Å². The van der Waals surface area contributed by atoms with Crippen LogP contribution < -0.4 is 4.90 Å². The van der Waals surface area contributed by atoms with Gasteiger partial charge in [0.15, 0.2) is 5.60 Å². The summed E-state index contributed by atoms with van der Waals surface area (Å²) in [6.07, 6.45) is 0.502. The molecule has 0 saturated carbocycles. The summed E-state index contributed by atoms with van der Waals surface area (Å²) in [6.45, 7) is 3.03. The number of rotatable bonds is 7. The minimum Gasteiger partial charge on any atom is -0.378 e. The topological polar surface area (TPSA) is 73.3 Å². The van der Waals surface area contributed by atoms with Gasteiger partial charge in [0.2, 0.25) is 10.0 Å². The molecule has 1 unspecified atom stereocenters. The fourth-order valence-corrected chi connectivity index (χ4v) is 7.76. The number of nitrogens with zero attached hydrogens (tertiary/aromatic N) is 3. The first kappa shape index (κ1) is 31.7. The van der Waals surface area contributed by atoms with Gasteiger partial charge in [0.05, 0.1) is 30.2 Å². The minimum absolute atomic E-state index is 0.103. The molecule has 1 N–H and O–H groups in total. The normalized spacial score (nSPS) is 24.1. The quantitative estimate of drug-likeness (QED) is 0.348. The molecule has 2 heterocycles. The van der Waals surface area contributed by atoms with Crippen molar-refractivity contribution in [2.75, 3.05) is 50.8 Å². The van der Waals surface area contributed by atoms with E-state index < -0.39 is 27.8 Å². The number of benzene rings is 2. The van der Waals surface area contributed by atoms with Gasteiger partial charge in [-0.05, 0) is 48.4 Å². The van der Waals surface area contributed by atoms with E-state index in [1.54, 1.807) is 24.3 Å². The molecular formula is C30H33F4N3O4S2. The molecule has 0 amide bonds. The van der Waals surface area contributed by atoms with Crippen molar-refractivity contribution in [1.29, 1.82) is 0 Å². The molecule has 7 nitrogen and oxygen atoms in total. The molecule has 3 atom stereocenters. The summed E-state index contributed by atoms with van der Waals surface area (Å²) < 4.78 is 88.6. The van der Waals surface area contributed by atoms with Gasteiger partial charge in [0.25, 0.3) is 0 Å². The van der Waals surface area contributed by atoms with Crippen LogP contribution in [0.5, 0.6) is 0 Å². The Morgan fingerprint density at radius 2 is 1.74 bits per heavy atom. The van der Waals surface area contributed by atoms with Crippen LogP contribution >= 0.6 is 12.2 Å². The van der Waals surface area contributed by atoms with E-state index in [2.05, 4.69) is 4.90 Å². The molecule has 0 bridgehead atoms. The number of anilines is 1.